The van der Waals surface area contributed by atoms with Gasteiger partial charge in [0.2, 0.25) is 0 Å². The number of likely N-dealkylation sites (tertiary alicyclic amines) is 1. The SMILES string of the molecule is COc1ccc(N(C)C2CCN(C(=O)COc3ccc(CO)cc3)C2)cc1. The minimum Gasteiger partial charge on any atom is -0.497 e. The first kappa shape index (κ1) is 19.0. The van der Waals surface area contributed by atoms with Gasteiger partial charge in [-0.3, -0.25) is 4.79 Å². The molecule has 1 aliphatic heterocycles. The molecule has 1 fully saturated rings. The molecule has 0 saturated carbocycles. The maximum Gasteiger partial charge on any atom is 0.260 e. The van der Waals surface area contributed by atoms with Crippen molar-refractivity contribution in [1.29, 1.82) is 0 Å². The van der Waals surface area contributed by atoms with E-state index in [0.29, 0.717) is 12.3 Å². The average molecular weight is 370 g/mol. The van der Waals surface area contributed by atoms with E-state index in [0.717, 1.165) is 30.0 Å². The highest BCUT2D eigenvalue weighted by molar-refractivity contribution is 5.78. The van der Waals surface area contributed by atoms with E-state index in [9.17, 15) is 4.79 Å². The minimum absolute atomic E-state index is 0.00388. The van der Waals surface area contributed by atoms with Crippen molar-refractivity contribution in [3.8, 4) is 11.5 Å². The van der Waals surface area contributed by atoms with Crippen LogP contribution in [0.4, 0.5) is 5.69 Å². The van der Waals surface area contributed by atoms with Gasteiger partial charge in [-0.25, -0.2) is 0 Å². The smallest absolute Gasteiger partial charge is 0.260 e. The standard InChI is InChI=1S/C21H26N2O4/c1-22(17-5-9-19(26-2)10-6-17)18-11-12-23(13-18)21(25)15-27-20-7-3-16(14-24)4-8-20/h3-10,18,24H,11-15H2,1-2H3. The van der Waals surface area contributed by atoms with Crippen LogP contribution in [0.15, 0.2) is 48.5 Å². The number of hydrogen-bond donors (Lipinski definition) is 1. The van der Waals surface area contributed by atoms with Crippen LogP contribution in [-0.2, 0) is 11.4 Å². The van der Waals surface area contributed by atoms with Gasteiger partial charge in [0, 0.05) is 31.9 Å². The highest BCUT2D eigenvalue weighted by Crippen LogP contribution is 2.24. The number of methoxy groups -OCH3 is 1. The second-order valence-electron chi connectivity index (χ2n) is 6.68. The second-order valence-corrected chi connectivity index (χ2v) is 6.68. The van der Waals surface area contributed by atoms with Crippen LogP contribution in [0.2, 0.25) is 0 Å². The number of carbonyl (C=O) groups excluding carboxylic acids is 1. The van der Waals surface area contributed by atoms with Crippen molar-refractivity contribution in [3.63, 3.8) is 0 Å². The van der Waals surface area contributed by atoms with Crippen molar-refractivity contribution in [2.45, 2.75) is 19.1 Å². The van der Waals surface area contributed by atoms with E-state index in [2.05, 4.69) is 11.9 Å². The zero-order valence-corrected chi connectivity index (χ0v) is 15.8. The molecule has 1 atom stereocenters. The Bertz CT molecular complexity index is 746. The van der Waals surface area contributed by atoms with E-state index in [1.54, 1.807) is 31.4 Å². The quantitative estimate of drug-likeness (QED) is 0.810. The van der Waals surface area contributed by atoms with Crippen LogP contribution >= 0.6 is 0 Å². The molecule has 1 heterocycles. The zero-order valence-electron chi connectivity index (χ0n) is 15.8. The Morgan fingerprint density at radius 3 is 2.44 bits per heavy atom. The van der Waals surface area contributed by atoms with Crippen LogP contribution in [0.3, 0.4) is 0 Å². The van der Waals surface area contributed by atoms with Crippen LogP contribution in [0.5, 0.6) is 11.5 Å². The summed E-state index contributed by atoms with van der Waals surface area (Å²) in [6, 6.07) is 15.3. The molecule has 1 unspecified atom stereocenters. The Balaban J connectivity index is 1.50. The van der Waals surface area contributed by atoms with Gasteiger partial charge in [-0.1, -0.05) is 12.1 Å². The van der Waals surface area contributed by atoms with Crippen LogP contribution in [0, 0.1) is 0 Å². The zero-order chi connectivity index (χ0) is 19.2. The number of hydrogen-bond acceptors (Lipinski definition) is 5. The van der Waals surface area contributed by atoms with Gasteiger partial charge < -0.3 is 24.4 Å². The number of rotatable bonds is 7. The summed E-state index contributed by atoms with van der Waals surface area (Å²) in [5.41, 5.74) is 1.92. The Kier molecular flexibility index (Phi) is 6.19. The van der Waals surface area contributed by atoms with E-state index in [4.69, 9.17) is 14.6 Å². The number of carbonyl (C=O) groups is 1. The first-order chi connectivity index (χ1) is 13.1. The summed E-state index contributed by atoms with van der Waals surface area (Å²) in [5, 5.41) is 9.06. The lowest BCUT2D eigenvalue weighted by Crippen LogP contribution is -2.38. The molecular formula is C21H26N2O4. The maximum absolute atomic E-state index is 12.5. The molecule has 0 aliphatic carbocycles. The molecule has 0 spiro atoms. The summed E-state index contributed by atoms with van der Waals surface area (Å²) in [5.74, 6) is 1.46. The van der Waals surface area contributed by atoms with Gasteiger partial charge >= 0.3 is 0 Å². The van der Waals surface area contributed by atoms with Gasteiger partial charge in [-0.2, -0.15) is 0 Å². The lowest BCUT2D eigenvalue weighted by Gasteiger charge is -2.27. The first-order valence-corrected chi connectivity index (χ1v) is 9.08. The van der Waals surface area contributed by atoms with E-state index in [1.807, 2.05) is 29.2 Å². The highest BCUT2D eigenvalue weighted by atomic mass is 16.5. The number of anilines is 1. The van der Waals surface area contributed by atoms with Gasteiger partial charge in [0.15, 0.2) is 6.61 Å². The number of amides is 1. The predicted molar refractivity (Wildman–Crippen MR) is 104 cm³/mol. The fraction of sp³-hybridized carbons (Fsp3) is 0.381. The molecule has 1 saturated heterocycles. The Morgan fingerprint density at radius 1 is 1.15 bits per heavy atom. The molecule has 0 aromatic heterocycles. The largest absolute Gasteiger partial charge is 0.497 e. The Labute approximate surface area is 159 Å². The van der Waals surface area contributed by atoms with Crippen LogP contribution in [0.25, 0.3) is 0 Å². The molecule has 144 valence electrons. The van der Waals surface area contributed by atoms with E-state index in [-0.39, 0.29) is 25.2 Å². The Morgan fingerprint density at radius 2 is 1.81 bits per heavy atom. The summed E-state index contributed by atoms with van der Waals surface area (Å²) in [6.07, 6.45) is 0.930. The summed E-state index contributed by atoms with van der Waals surface area (Å²) < 4.78 is 10.8. The molecular weight excluding hydrogens is 344 g/mol. The molecule has 27 heavy (non-hydrogen) atoms. The van der Waals surface area contributed by atoms with Crippen LogP contribution in [-0.4, -0.2) is 55.8 Å². The maximum atomic E-state index is 12.5. The third kappa shape index (κ3) is 4.71. The summed E-state index contributed by atoms with van der Waals surface area (Å²) in [7, 11) is 3.71. The monoisotopic (exact) mass is 370 g/mol. The van der Waals surface area contributed by atoms with Gasteiger partial charge in [0.25, 0.3) is 5.91 Å². The fourth-order valence-electron chi connectivity index (χ4n) is 3.24. The highest BCUT2D eigenvalue weighted by Gasteiger charge is 2.29. The Hall–Kier alpha value is -2.73. The molecule has 1 aliphatic rings. The first-order valence-electron chi connectivity index (χ1n) is 9.08. The third-order valence-electron chi connectivity index (χ3n) is 5.01. The number of nitrogens with zero attached hydrogens (tertiary/aromatic N) is 2. The molecule has 2 aromatic carbocycles. The predicted octanol–water partition coefficient (Wildman–Crippen LogP) is 2.30. The summed E-state index contributed by atoms with van der Waals surface area (Å²) in [6.45, 7) is 1.44. The average Bonchev–Trinajstić information content (AvgIpc) is 3.22. The lowest BCUT2D eigenvalue weighted by molar-refractivity contribution is -0.132. The number of aliphatic hydroxyl groups excluding tert-OH is 1. The van der Waals surface area contributed by atoms with E-state index >= 15 is 0 Å². The molecule has 0 radical (unpaired) electrons. The molecule has 0 bridgehead atoms. The third-order valence-corrected chi connectivity index (χ3v) is 5.01. The second kappa shape index (κ2) is 8.77. The number of aliphatic hydroxyl groups is 1. The van der Waals surface area contributed by atoms with E-state index < -0.39 is 0 Å². The molecule has 1 N–H and O–H groups in total. The van der Waals surface area contributed by atoms with Crippen molar-refractivity contribution in [2.75, 3.05) is 38.8 Å². The topological polar surface area (TPSA) is 62.2 Å². The van der Waals surface area contributed by atoms with Crippen molar-refractivity contribution in [3.05, 3.63) is 54.1 Å². The van der Waals surface area contributed by atoms with Crippen molar-refractivity contribution < 1.29 is 19.4 Å². The molecule has 6 heteroatoms. The van der Waals surface area contributed by atoms with Gasteiger partial charge in [0.05, 0.1) is 13.7 Å². The summed E-state index contributed by atoms with van der Waals surface area (Å²) >= 11 is 0. The minimum atomic E-state index is -0.00753. The van der Waals surface area contributed by atoms with Gasteiger partial charge in [0.1, 0.15) is 11.5 Å². The fourth-order valence-corrected chi connectivity index (χ4v) is 3.24. The van der Waals surface area contributed by atoms with Gasteiger partial charge in [-0.15, -0.1) is 0 Å². The molecule has 3 rings (SSSR count). The normalized spacial score (nSPS) is 16.3. The van der Waals surface area contributed by atoms with Crippen molar-refractivity contribution >= 4 is 11.6 Å². The van der Waals surface area contributed by atoms with Crippen molar-refractivity contribution in [2.24, 2.45) is 0 Å². The number of benzene rings is 2. The van der Waals surface area contributed by atoms with Crippen molar-refractivity contribution in [1.82, 2.24) is 4.90 Å². The van der Waals surface area contributed by atoms with Crippen LogP contribution in [0.1, 0.15) is 12.0 Å². The summed E-state index contributed by atoms with van der Waals surface area (Å²) in [4.78, 5) is 16.5. The lowest BCUT2D eigenvalue weighted by atomic mass is 10.2. The number of ether oxygens (including phenoxy) is 2. The molecule has 6 nitrogen and oxygen atoms in total. The number of likely N-dealkylation sites (N-methyl/N-ethyl adjacent to an activating group) is 1. The molecule has 1 amide bonds. The van der Waals surface area contributed by atoms with Gasteiger partial charge in [-0.05, 0) is 48.4 Å². The van der Waals surface area contributed by atoms with E-state index in [1.165, 1.54) is 0 Å². The van der Waals surface area contributed by atoms with Crippen LogP contribution < -0.4 is 14.4 Å². The molecule has 2 aromatic rings.